The molecule has 1 N–H and O–H groups in total. The Morgan fingerprint density at radius 3 is 1.47 bits per heavy atom. The van der Waals surface area contributed by atoms with E-state index in [4.69, 9.17) is 9.47 Å². The van der Waals surface area contributed by atoms with Crippen LogP contribution in [0.15, 0.2) is 0 Å². The quantitative estimate of drug-likeness (QED) is 0.571. The molecular weight excluding hydrogens is 190 g/mol. The molecule has 2 unspecified atom stereocenters. The Bertz CT molecular complexity index is 117. The lowest BCUT2D eigenvalue weighted by Crippen LogP contribution is -2.41. The largest absolute Gasteiger partial charge is 0.363 e. The van der Waals surface area contributed by atoms with Crippen molar-refractivity contribution in [2.24, 2.45) is 0 Å². The Labute approximate surface area is 94.5 Å². The number of ether oxygens (including phenoxy) is 2. The van der Waals surface area contributed by atoms with E-state index in [1.807, 2.05) is 0 Å². The van der Waals surface area contributed by atoms with Crippen molar-refractivity contribution >= 4 is 0 Å². The van der Waals surface area contributed by atoms with Crippen molar-refractivity contribution in [1.29, 1.82) is 0 Å². The topological polar surface area (TPSA) is 30.5 Å². The van der Waals surface area contributed by atoms with Gasteiger partial charge in [-0.2, -0.15) is 0 Å². The van der Waals surface area contributed by atoms with Crippen molar-refractivity contribution in [2.45, 2.75) is 65.8 Å². The molecule has 0 saturated carbocycles. The van der Waals surface area contributed by atoms with Crippen LogP contribution >= 0.6 is 0 Å². The Hall–Kier alpha value is -0.120. The predicted molar refractivity (Wildman–Crippen MR) is 63.8 cm³/mol. The van der Waals surface area contributed by atoms with Crippen LogP contribution in [0.1, 0.15) is 53.4 Å². The second kappa shape index (κ2) is 10.4. The second-order valence-corrected chi connectivity index (χ2v) is 3.70. The van der Waals surface area contributed by atoms with Crippen molar-refractivity contribution in [2.75, 3.05) is 13.2 Å². The molecule has 0 aliphatic rings. The summed E-state index contributed by atoms with van der Waals surface area (Å²) in [5, 5.41) is 3.38. The minimum absolute atomic E-state index is 0.131. The molecule has 2 atom stereocenters. The molecular formula is C12H27NO2. The van der Waals surface area contributed by atoms with E-state index in [1.165, 1.54) is 0 Å². The number of nitrogens with one attached hydrogen (secondary N) is 1. The van der Waals surface area contributed by atoms with Crippen LogP contribution < -0.4 is 5.32 Å². The van der Waals surface area contributed by atoms with Crippen LogP contribution in [0.4, 0.5) is 0 Å². The van der Waals surface area contributed by atoms with Crippen LogP contribution in [-0.4, -0.2) is 25.7 Å². The normalized spacial score (nSPS) is 15.2. The summed E-state index contributed by atoms with van der Waals surface area (Å²) in [5.41, 5.74) is 0. The summed E-state index contributed by atoms with van der Waals surface area (Å²) in [6, 6.07) is 0. The molecule has 3 heteroatoms. The van der Waals surface area contributed by atoms with Gasteiger partial charge in [0.15, 0.2) is 0 Å². The van der Waals surface area contributed by atoms with Gasteiger partial charge in [0.2, 0.25) is 0 Å². The molecule has 3 nitrogen and oxygen atoms in total. The van der Waals surface area contributed by atoms with Gasteiger partial charge in [0.05, 0.1) is 0 Å². The van der Waals surface area contributed by atoms with E-state index in [9.17, 15) is 0 Å². The highest BCUT2D eigenvalue weighted by molar-refractivity contribution is 4.58. The molecule has 0 bridgehead atoms. The first kappa shape index (κ1) is 14.9. The van der Waals surface area contributed by atoms with Crippen LogP contribution in [0.5, 0.6) is 0 Å². The Morgan fingerprint density at radius 2 is 1.20 bits per heavy atom. The maximum atomic E-state index is 5.66. The van der Waals surface area contributed by atoms with E-state index < -0.39 is 0 Å². The van der Waals surface area contributed by atoms with Crippen molar-refractivity contribution < 1.29 is 9.47 Å². The predicted octanol–water partition coefficient (Wildman–Crippen LogP) is 2.90. The monoisotopic (exact) mass is 217 g/mol. The molecule has 0 aliphatic heterocycles. The molecule has 0 aromatic rings. The summed E-state index contributed by atoms with van der Waals surface area (Å²) < 4.78 is 11.3. The molecule has 0 fully saturated rings. The smallest absolute Gasteiger partial charge is 0.109 e. The summed E-state index contributed by atoms with van der Waals surface area (Å²) in [5.74, 6) is 0. The zero-order valence-corrected chi connectivity index (χ0v) is 10.7. The van der Waals surface area contributed by atoms with Gasteiger partial charge in [-0.3, -0.25) is 5.32 Å². The fourth-order valence-corrected chi connectivity index (χ4v) is 1.30. The fraction of sp³-hybridized carbons (Fsp3) is 1.00. The standard InChI is InChI=1S/C12H27NO2/c1-5-9-14-11(7-3)13-12(8-4)15-10-6-2/h11-13H,5-10H2,1-4H3. The molecule has 0 aromatic heterocycles. The third-order valence-electron chi connectivity index (χ3n) is 2.16. The van der Waals surface area contributed by atoms with Gasteiger partial charge in [-0.05, 0) is 25.7 Å². The Morgan fingerprint density at radius 1 is 0.800 bits per heavy atom. The third kappa shape index (κ3) is 7.77. The second-order valence-electron chi connectivity index (χ2n) is 3.70. The van der Waals surface area contributed by atoms with Gasteiger partial charge in [-0.1, -0.05) is 27.7 Å². The first-order valence-electron chi connectivity index (χ1n) is 6.27. The molecule has 0 amide bonds. The minimum Gasteiger partial charge on any atom is -0.363 e. The van der Waals surface area contributed by atoms with Gasteiger partial charge in [-0.15, -0.1) is 0 Å². The summed E-state index contributed by atoms with van der Waals surface area (Å²) in [7, 11) is 0. The van der Waals surface area contributed by atoms with Gasteiger partial charge in [0.1, 0.15) is 12.5 Å². The molecule has 0 aromatic carbocycles. The van der Waals surface area contributed by atoms with Crippen molar-refractivity contribution in [3.8, 4) is 0 Å². The van der Waals surface area contributed by atoms with E-state index in [1.54, 1.807) is 0 Å². The maximum Gasteiger partial charge on any atom is 0.109 e. The maximum absolute atomic E-state index is 5.66. The number of rotatable bonds is 10. The van der Waals surface area contributed by atoms with Gasteiger partial charge >= 0.3 is 0 Å². The molecule has 92 valence electrons. The molecule has 0 radical (unpaired) electrons. The highest BCUT2D eigenvalue weighted by Crippen LogP contribution is 2.02. The van der Waals surface area contributed by atoms with Crippen LogP contribution in [0.25, 0.3) is 0 Å². The van der Waals surface area contributed by atoms with Crippen LogP contribution in [0.3, 0.4) is 0 Å². The fourth-order valence-electron chi connectivity index (χ4n) is 1.30. The highest BCUT2D eigenvalue weighted by Gasteiger charge is 2.12. The minimum atomic E-state index is 0.131. The van der Waals surface area contributed by atoms with E-state index in [0.717, 1.165) is 38.9 Å². The molecule has 15 heavy (non-hydrogen) atoms. The molecule has 0 aliphatic carbocycles. The van der Waals surface area contributed by atoms with Crippen molar-refractivity contribution in [3.63, 3.8) is 0 Å². The van der Waals surface area contributed by atoms with Gasteiger partial charge in [0.25, 0.3) is 0 Å². The van der Waals surface area contributed by atoms with E-state index in [2.05, 4.69) is 33.0 Å². The summed E-state index contributed by atoms with van der Waals surface area (Å²) in [4.78, 5) is 0. The molecule has 0 spiro atoms. The molecule has 0 rings (SSSR count). The van der Waals surface area contributed by atoms with E-state index in [0.29, 0.717) is 0 Å². The SMILES string of the molecule is CCCOC(CC)NC(CC)OCCC. The average molecular weight is 217 g/mol. The average Bonchev–Trinajstić information content (AvgIpc) is 2.28. The lowest BCUT2D eigenvalue weighted by molar-refractivity contribution is -0.0475. The van der Waals surface area contributed by atoms with Crippen molar-refractivity contribution in [3.05, 3.63) is 0 Å². The zero-order chi connectivity index (χ0) is 11.5. The lowest BCUT2D eigenvalue weighted by Gasteiger charge is -2.24. The van der Waals surface area contributed by atoms with Gasteiger partial charge in [-0.25, -0.2) is 0 Å². The van der Waals surface area contributed by atoms with E-state index in [-0.39, 0.29) is 12.5 Å². The Balaban J connectivity index is 3.77. The summed E-state index contributed by atoms with van der Waals surface area (Å²) in [6.07, 6.45) is 4.34. The van der Waals surface area contributed by atoms with Gasteiger partial charge < -0.3 is 9.47 Å². The van der Waals surface area contributed by atoms with Crippen LogP contribution in [0.2, 0.25) is 0 Å². The van der Waals surface area contributed by atoms with Gasteiger partial charge in [0, 0.05) is 13.2 Å². The zero-order valence-electron chi connectivity index (χ0n) is 10.7. The van der Waals surface area contributed by atoms with Crippen molar-refractivity contribution in [1.82, 2.24) is 5.32 Å². The lowest BCUT2D eigenvalue weighted by atomic mass is 10.3. The number of hydrogen-bond donors (Lipinski definition) is 1. The van der Waals surface area contributed by atoms with Crippen LogP contribution in [-0.2, 0) is 9.47 Å². The van der Waals surface area contributed by atoms with Crippen LogP contribution in [0, 0.1) is 0 Å². The first-order chi connectivity index (χ1) is 7.28. The third-order valence-corrected chi connectivity index (χ3v) is 2.16. The molecule has 0 heterocycles. The highest BCUT2D eigenvalue weighted by atomic mass is 16.5. The summed E-state index contributed by atoms with van der Waals surface area (Å²) in [6.45, 7) is 10.1. The first-order valence-corrected chi connectivity index (χ1v) is 6.27. The Kier molecular flexibility index (Phi) is 10.3. The summed E-state index contributed by atoms with van der Waals surface area (Å²) >= 11 is 0. The number of hydrogen-bond acceptors (Lipinski definition) is 3. The molecule has 0 saturated heterocycles. The van der Waals surface area contributed by atoms with E-state index >= 15 is 0 Å².